The highest BCUT2D eigenvalue weighted by atomic mass is 79.9. The molecule has 4 nitrogen and oxygen atoms in total. The van der Waals surface area contributed by atoms with Gasteiger partial charge >= 0.3 is 0 Å². The van der Waals surface area contributed by atoms with E-state index >= 15 is 0 Å². The predicted molar refractivity (Wildman–Crippen MR) is 90.1 cm³/mol. The van der Waals surface area contributed by atoms with Crippen LogP contribution >= 0.6 is 15.9 Å². The zero-order valence-corrected chi connectivity index (χ0v) is 14.6. The minimum atomic E-state index is 0.206. The molecule has 5 heteroatoms. The van der Waals surface area contributed by atoms with Gasteiger partial charge in [-0.05, 0) is 49.4 Å². The number of piperidine rings is 1. The summed E-state index contributed by atoms with van der Waals surface area (Å²) >= 11 is 3.46. The predicted octanol–water partition coefficient (Wildman–Crippen LogP) is 2.60. The fourth-order valence-electron chi connectivity index (χ4n) is 3.61. The van der Waals surface area contributed by atoms with Gasteiger partial charge in [-0.15, -0.1) is 0 Å². The molecule has 22 heavy (non-hydrogen) atoms. The Kier molecular flexibility index (Phi) is 4.73. The van der Waals surface area contributed by atoms with Crippen molar-refractivity contribution >= 4 is 21.8 Å². The lowest BCUT2D eigenvalue weighted by Crippen LogP contribution is -2.44. The van der Waals surface area contributed by atoms with E-state index in [4.69, 9.17) is 4.74 Å². The lowest BCUT2D eigenvalue weighted by Gasteiger charge is -2.39. The maximum absolute atomic E-state index is 12.6. The van der Waals surface area contributed by atoms with Gasteiger partial charge in [-0.1, -0.05) is 15.9 Å². The lowest BCUT2D eigenvalue weighted by atomic mass is 9.78. The van der Waals surface area contributed by atoms with Crippen LogP contribution in [0.1, 0.15) is 24.8 Å². The molecule has 0 atom stereocenters. The maximum Gasteiger partial charge on any atom is 0.227 e. The Morgan fingerprint density at radius 3 is 2.77 bits per heavy atom. The van der Waals surface area contributed by atoms with Gasteiger partial charge in [0, 0.05) is 29.7 Å². The summed E-state index contributed by atoms with van der Waals surface area (Å²) in [6.45, 7) is 4.02. The number of likely N-dealkylation sites (tertiary alicyclic amines) is 1. The molecule has 0 bridgehead atoms. The Balaban J connectivity index is 1.62. The molecule has 0 saturated carbocycles. The Bertz CT molecular complexity index is 546. The topological polar surface area (TPSA) is 41.6 Å². The van der Waals surface area contributed by atoms with E-state index in [1.54, 1.807) is 7.11 Å². The van der Waals surface area contributed by atoms with Crippen molar-refractivity contribution in [3.05, 3.63) is 28.2 Å². The Labute approximate surface area is 140 Å². The van der Waals surface area contributed by atoms with Gasteiger partial charge in [-0.2, -0.15) is 0 Å². The van der Waals surface area contributed by atoms with Crippen molar-refractivity contribution in [2.75, 3.05) is 33.3 Å². The normalized spacial score (nSPS) is 20.4. The van der Waals surface area contributed by atoms with E-state index in [9.17, 15) is 4.79 Å². The van der Waals surface area contributed by atoms with Gasteiger partial charge in [-0.25, -0.2) is 0 Å². The highest BCUT2D eigenvalue weighted by molar-refractivity contribution is 9.10. The van der Waals surface area contributed by atoms with Gasteiger partial charge in [0.05, 0.1) is 13.5 Å². The minimum Gasteiger partial charge on any atom is -0.496 e. The zero-order chi connectivity index (χ0) is 15.6. The van der Waals surface area contributed by atoms with Crippen molar-refractivity contribution in [1.82, 2.24) is 10.2 Å². The zero-order valence-electron chi connectivity index (χ0n) is 13.0. The van der Waals surface area contributed by atoms with Crippen molar-refractivity contribution in [2.24, 2.45) is 5.41 Å². The Morgan fingerprint density at radius 1 is 1.36 bits per heavy atom. The quantitative estimate of drug-likeness (QED) is 0.893. The molecular weight excluding hydrogens is 344 g/mol. The molecule has 0 unspecified atom stereocenters. The Hall–Kier alpha value is -1.07. The Morgan fingerprint density at radius 2 is 2.14 bits per heavy atom. The number of hydrogen-bond acceptors (Lipinski definition) is 3. The molecule has 2 saturated heterocycles. The number of methoxy groups -OCH3 is 1. The van der Waals surface area contributed by atoms with E-state index in [1.807, 2.05) is 23.1 Å². The van der Waals surface area contributed by atoms with Gasteiger partial charge in [-0.3, -0.25) is 4.79 Å². The molecule has 1 spiro atoms. The largest absolute Gasteiger partial charge is 0.496 e. The van der Waals surface area contributed by atoms with Crippen LogP contribution < -0.4 is 10.1 Å². The third kappa shape index (κ3) is 3.30. The van der Waals surface area contributed by atoms with Crippen molar-refractivity contribution in [1.29, 1.82) is 0 Å². The van der Waals surface area contributed by atoms with Crippen LogP contribution in [0.5, 0.6) is 5.75 Å². The molecule has 2 heterocycles. The summed E-state index contributed by atoms with van der Waals surface area (Å²) in [6.07, 6.45) is 3.92. The average Bonchev–Trinajstić information content (AvgIpc) is 2.96. The first-order valence-corrected chi connectivity index (χ1v) is 8.72. The van der Waals surface area contributed by atoms with Gasteiger partial charge in [0.2, 0.25) is 5.91 Å². The first-order valence-electron chi connectivity index (χ1n) is 7.93. The molecular formula is C17H23BrN2O2. The second-order valence-corrected chi connectivity index (χ2v) is 7.36. The van der Waals surface area contributed by atoms with E-state index < -0.39 is 0 Å². The number of carbonyl (C=O) groups is 1. The summed E-state index contributed by atoms with van der Waals surface area (Å²) in [4.78, 5) is 14.6. The first-order chi connectivity index (χ1) is 10.6. The van der Waals surface area contributed by atoms with E-state index in [0.29, 0.717) is 11.8 Å². The van der Waals surface area contributed by atoms with Gasteiger partial charge in [0.25, 0.3) is 0 Å². The van der Waals surface area contributed by atoms with Crippen LogP contribution in [0.2, 0.25) is 0 Å². The standard InChI is InChI=1S/C17H23BrN2O2/c1-22-15-3-2-14(18)10-13(15)11-16(21)20-8-5-17(6-9-20)4-7-19-12-17/h2-3,10,19H,4-9,11-12H2,1H3. The molecule has 0 aromatic heterocycles. The van der Waals surface area contributed by atoms with Crippen LogP contribution in [0.3, 0.4) is 0 Å². The summed E-state index contributed by atoms with van der Waals surface area (Å²) < 4.78 is 6.34. The molecule has 1 amide bonds. The SMILES string of the molecule is COc1ccc(Br)cc1CC(=O)N1CCC2(CCNC2)CC1. The second-order valence-electron chi connectivity index (χ2n) is 6.44. The van der Waals surface area contributed by atoms with Crippen molar-refractivity contribution < 1.29 is 9.53 Å². The van der Waals surface area contributed by atoms with Crippen LogP contribution in [0.25, 0.3) is 0 Å². The molecule has 1 aromatic rings. The molecule has 2 aliphatic rings. The van der Waals surface area contributed by atoms with Crippen LogP contribution in [-0.4, -0.2) is 44.1 Å². The number of amides is 1. The first kappa shape index (κ1) is 15.8. The summed E-state index contributed by atoms with van der Waals surface area (Å²) in [5, 5.41) is 3.46. The van der Waals surface area contributed by atoms with Crippen molar-refractivity contribution in [3.63, 3.8) is 0 Å². The molecule has 0 radical (unpaired) electrons. The average molecular weight is 367 g/mol. The fraction of sp³-hybridized carbons (Fsp3) is 0.588. The van der Waals surface area contributed by atoms with Crippen LogP contribution in [-0.2, 0) is 11.2 Å². The summed E-state index contributed by atoms with van der Waals surface area (Å²) in [5.41, 5.74) is 1.40. The van der Waals surface area contributed by atoms with E-state index in [0.717, 1.165) is 54.8 Å². The summed E-state index contributed by atoms with van der Waals surface area (Å²) in [7, 11) is 1.65. The van der Waals surface area contributed by atoms with Crippen molar-refractivity contribution in [3.8, 4) is 5.75 Å². The van der Waals surface area contributed by atoms with E-state index in [1.165, 1.54) is 6.42 Å². The maximum atomic E-state index is 12.6. The highest BCUT2D eigenvalue weighted by Crippen LogP contribution is 2.37. The number of halogens is 1. The van der Waals surface area contributed by atoms with Crippen molar-refractivity contribution in [2.45, 2.75) is 25.7 Å². The number of carbonyl (C=O) groups excluding carboxylic acids is 1. The van der Waals surface area contributed by atoms with Gasteiger partial charge < -0.3 is 15.0 Å². The summed E-state index contributed by atoms with van der Waals surface area (Å²) in [6, 6.07) is 5.82. The number of benzene rings is 1. The molecule has 120 valence electrons. The lowest BCUT2D eigenvalue weighted by molar-refractivity contribution is -0.132. The summed E-state index contributed by atoms with van der Waals surface area (Å²) in [5.74, 6) is 0.988. The van der Waals surface area contributed by atoms with Gasteiger partial charge in [0.1, 0.15) is 5.75 Å². The second kappa shape index (κ2) is 6.59. The molecule has 2 fully saturated rings. The number of rotatable bonds is 3. The fourth-order valence-corrected chi connectivity index (χ4v) is 4.02. The number of ether oxygens (including phenoxy) is 1. The third-order valence-corrected chi connectivity index (χ3v) is 5.59. The number of nitrogens with one attached hydrogen (secondary N) is 1. The molecule has 1 aromatic carbocycles. The minimum absolute atomic E-state index is 0.206. The monoisotopic (exact) mass is 366 g/mol. The molecule has 2 aliphatic heterocycles. The van der Waals surface area contributed by atoms with Crippen LogP contribution in [0.4, 0.5) is 0 Å². The molecule has 3 rings (SSSR count). The van der Waals surface area contributed by atoms with Crippen LogP contribution in [0, 0.1) is 5.41 Å². The molecule has 0 aliphatic carbocycles. The van der Waals surface area contributed by atoms with E-state index in [2.05, 4.69) is 21.2 Å². The van der Waals surface area contributed by atoms with E-state index in [-0.39, 0.29) is 5.91 Å². The number of hydrogen-bond donors (Lipinski definition) is 1. The third-order valence-electron chi connectivity index (χ3n) is 5.09. The smallest absolute Gasteiger partial charge is 0.227 e. The van der Waals surface area contributed by atoms with Crippen LogP contribution in [0.15, 0.2) is 22.7 Å². The highest BCUT2D eigenvalue weighted by Gasteiger charge is 2.37. The molecule has 1 N–H and O–H groups in total. The van der Waals surface area contributed by atoms with Gasteiger partial charge in [0.15, 0.2) is 0 Å². The number of nitrogens with zero attached hydrogens (tertiary/aromatic N) is 1.